The summed E-state index contributed by atoms with van der Waals surface area (Å²) in [5.41, 5.74) is 3.15. The SMILES string of the molecule is Fc1ccc(Br)cc1CNc1ccc2ncc(-c3ccncc3)n2n1. The molecule has 0 saturated heterocycles. The van der Waals surface area contributed by atoms with E-state index < -0.39 is 0 Å². The van der Waals surface area contributed by atoms with Gasteiger partial charge in [-0.25, -0.2) is 13.9 Å². The Morgan fingerprint density at radius 2 is 1.92 bits per heavy atom. The zero-order valence-electron chi connectivity index (χ0n) is 13.0. The number of pyridine rings is 1. The second kappa shape index (κ2) is 6.60. The zero-order chi connectivity index (χ0) is 17.2. The first-order valence-electron chi connectivity index (χ1n) is 7.64. The minimum Gasteiger partial charge on any atom is -0.364 e. The molecule has 7 heteroatoms. The molecule has 25 heavy (non-hydrogen) atoms. The van der Waals surface area contributed by atoms with Gasteiger partial charge in [-0.2, -0.15) is 0 Å². The van der Waals surface area contributed by atoms with Crippen LogP contribution in [0.15, 0.2) is 65.5 Å². The van der Waals surface area contributed by atoms with E-state index in [1.165, 1.54) is 6.07 Å². The summed E-state index contributed by atoms with van der Waals surface area (Å²) in [6, 6.07) is 12.4. The number of benzene rings is 1. The molecule has 0 atom stereocenters. The lowest BCUT2D eigenvalue weighted by atomic mass is 10.2. The molecule has 0 bridgehead atoms. The maximum Gasteiger partial charge on any atom is 0.154 e. The molecule has 4 aromatic rings. The molecule has 5 nitrogen and oxygen atoms in total. The fourth-order valence-corrected chi connectivity index (χ4v) is 2.96. The molecule has 0 unspecified atom stereocenters. The normalized spacial score (nSPS) is 11.0. The molecule has 1 N–H and O–H groups in total. The molecule has 1 aromatic carbocycles. The molecular formula is C18H13BrFN5. The van der Waals surface area contributed by atoms with E-state index in [2.05, 4.69) is 36.3 Å². The minimum atomic E-state index is -0.253. The Morgan fingerprint density at radius 3 is 2.76 bits per heavy atom. The monoisotopic (exact) mass is 397 g/mol. The quantitative estimate of drug-likeness (QED) is 0.557. The van der Waals surface area contributed by atoms with Crippen LogP contribution >= 0.6 is 15.9 Å². The number of imidazole rings is 1. The van der Waals surface area contributed by atoms with Gasteiger partial charge in [-0.1, -0.05) is 15.9 Å². The van der Waals surface area contributed by atoms with E-state index in [0.29, 0.717) is 17.9 Å². The van der Waals surface area contributed by atoms with Crippen LogP contribution in [0.25, 0.3) is 16.9 Å². The van der Waals surface area contributed by atoms with Crippen LogP contribution in [-0.2, 0) is 6.54 Å². The Labute approximate surface area is 151 Å². The lowest BCUT2D eigenvalue weighted by Crippen LogP contribution is -2.06. The molecule has 0 fully saturated rings. The van der Waals surface area contributed by atoms with E-state index in [1.54, 1.807) is 35.2 Å². The molecule has 3 heterocycles. The first-order chi connectivity index (χ1) is 12.2. The average Bonchev–Trinajstić information content (AvgIpc) is 3.06. The summed E-state index contributed by atoms with van der Waals surface area (Å²) in [5.74, 6) is 0.386. The number of nitrogens with one attached hydrogen (secondary N) is 1. The summed E-state index contributed by atoms with van der Waals surface area (Å²) in [6.45, 7) is 0.336. The van der Waals surface area contributed by atoms with Crippen molar-refractivity contribution < 1.29 is 4.39 Å². The molecule has 0 aliphatic carbocycles. The fraction of sp³-hybridized carbons (Fsp3) is 0.0556. The summed E-state index contributed by atoms with van der Waals surface area (Å²) in [6.07, 6.45) is 5.23. The highest BCUT2D eigenvalue weighted by molar-refractivity contribution is 9.10. The lowest BCUT2D eigenvalue weighted by molar-refractivity contribution is 0.612. The van der Waals surface area contributed by atoms with Crippen molar-refractivity contribution in [3.8, 4) is 11.3 Å². The van der Waals surface area contributed by atoms with Crippen LogP contribution in [0.5, 0.6) is 0 Å². The first kappa shape index (κ1) is 15.7. The molecular weight excluding hydrogens is 385 g/mol. The Kier molecular flexibility index (Phi) is 4.15. The van der Waals surface area contributed by atoms with Crippen LogP contribution in [0.3, 0.4) is 0 Å². The highest BCUT2D eigenvalue weighted by Crippen LogP contribution is 2.21. The van der Waals surface area contributed by atoms with Gasteiger partial charge in [-0.15, -0.1) is 5.10 Å². The third-order valence-corrected chi connectivity index (χ3v) is 4.30. The second-order valence-electron chi connectivity index (χ2n) is 5.46. The summed E-state index contributed by atoms with van der Waals surface area (Å²) >= 11 is 3.36. The Balaban J connectivity index is 1.64. The number of halogens is 2. The van der Waals surface area contributed by atoms with Crippen molar-refractivity contribution in [2.24, 2.45) is 0 Å². The minimum absolute atomic E-state index is 0.253. The molecule has 0 amide bonds. The van der Waals surface area contributed by atoms with Gasteiger partial charge in [0.1, 0.15) is 11.6 Å². The van der Waals surface area contributed by atoms with Gasteiger partial charge in [0.05, 0.1) is 11.9 Å². The molecule has 0 saturated carbocycles. The summed E-state index contributed by atoms with van der Waals surface area (Å²) in [5, 5.41) is 7.72. The summed E-state index contributed by atoms with van der Waals surface area (Å²) < 4.78 is 16.5. The van der Waals surface area contributed by atoms with Gasteiger partial charge in [0.25, 0.3) is 0 Å². The van der Waals surface area contributed by atoms with Crippen molar-refractivity contribution in [2.45, 2.75) is 6.54 Å². The third kappa shape index (κ3) is 3.23. The number of hydrogen-bond acceptors (Lipinski definition) is 4. The molecule has 4 rings (SSSR count). The first-order valence-corrected chi connectivity index (χ1v) is 8.43. The molecule has 0 radical (unpaired) electrons. The van der Waals surface area contributed by atoms with Crippen LogP contribution in [0.2, 0.25) is 0 Å². The largest absolute Gasteiger partial charge is 0.364 e. The smallest absolute Gasteiger partial charge is 0.154 e. The second-order valence-corrected chi connectivity index (χ2v) is 6.37. The highest BCUT2D eigenvalue weighted by atomic mass is 79.9. The van der Waals surface area contributed by atoms with Crippen molar-refractivity contribution >= 4 is 27.4 Å². The standard InChI is InChI=1S/C18H13BrFN5/c19-14-1-2-15(20)13(9-14)10-22-17-3-4-18-23-11-16(25(18)24-17)12-5-7-21-8-6-12/h1-9,11H,10H2,(H,22,24). The van der Waals surface area contributed by atoms with Crippen LogP contribution in [0.1, 0.15) is 5.56 Å². The van der Waals surface area contributed by atoms with E-state index in [-0.39, 0.29) is 5.82 Å². The van der Waals surface area contributed by atoms with E-state index in [9.17, 15) is 4.39 Å². The van der Waals surface area contributed by atoms with Gasteiger partial charge in [0.15, 0.2) is 5.65 Å². The topological polar surface area (TPSA) is 55.1 Å². The Bertz CT molecular complexity index is 1030. The van der Waals surface area contributed by atoms with Crippen molar-refractivity contribution in [3.05, 3.63) is 76.9 Å². The van der Waals surface area contributed by atoms with Gasteiger partial charge in [-0.05, 0) is 42.5 Å². The van der Waals surface area contributed by atoms with Crippen molar-refractivity contribution in [3.63, 3.8) is 0 Å². The van der Waals surface area contributed by atoms with Gasteiger partial charge in [-0.3, -0.25) is 4.98 Å². The number of hydrogen-bond donors (Lipinski definition) is 1. The van der Waals surface area contributed by atoms with E-state index in [1.807, 2.05) is 24.3 Å². The van der Waals surface area contributed by atoms with Crippen molar-refractivity contribution in [1.29, 1.82) is 0 Å². The van der Waals surface area contributed by atoms with Gasteiger partial charge < -0.3 is 5.32 Å². The number of fused-ring (bicyclic) bond motifs is 1. The number of anilines is 1. The Morgan fingerprint density at radius 1 is 1.08 bits per heavy atom. The molecule has 0 aliphatic heterocycles. The highest BCUT2D eigenvalue weighted by Gasteiger charge is 2.08. The van der Waals surface area contributed by atoms with E-state index in [0.717, 1.165) is 21.4 Å². The molecule has 124 valence electrons. The number of rotatable bonds is 4. The molecule has 0 spiro atoms. The predicted molar refractivity (Wildman–Crippen MR) is 97.6 cm³/mol. The third-order valence-electron chi connectivity index (χ3n) is 3.81. The van der Waals surface area contributed by atoms with Crippen molar-refractivity contribution in [1.82, 2.24) is 19.6 Å². The summed E-state index contributed by atoms with van der Waals surface area (Å²) in [7, 11) is 0. The van der Waals surface area contributed by atoms with Crippen LogP contribution in [0.4, 0.5) is 10.2 Å². The lowest BCUT2D eigenvalue weighted by Gasteiger charge is -2.08. The maximum atomic E-state index is 13.9. The van der Waals surface area contributed by atoms with Crippen LogP contribution in [-0.4, -0.2) is 19.6 Å². The van der Waals surface area contributed by atoms with E-state index >= 15 is 0 Å². The van der Waals surface area contributed by atoms with Gasteiger partial charge in [0.2, 0.25) is 0 Å². The van der Waals surface area contributed by atoms with E-state index in [4.69, 9.17) is 0 Å². The zero-order valence-corrected chi connectivity index (χ0v) is 14.6. The van der Waals surface area contributed by atoms with Crippen molar-refractivity contribution in [2.75, 3.05) is 5.32 Å². The molecule has 3 aromatic heterocycles. The van der Waals surface area contributed by atoms with Crippen LogP contribution in [0, 0.1) is 5.82 Å². The maximum absolute atomic E-state index is 13.9. The number of nitrogens with zero attached hydrogens (tertiary/aromatic N) is 4. The predicted octanol–water partition coefficient (Wildman–Crippen LogP) is 4.31. The number of aromatic nitrogens is 4. The van der Waals surface area contributed by atoms with Gasteiger partial charge in [0, 0.05) is 34.5 Å². The van der Waals surface area contributed by atoms with Crippen LogP contribution < -0.4 is 5.32 Å². The van der Waals surface area contributed by atoms with Gasteiger partial charge >= 0.3 is 0 Å². The average molecular weight is 398 g/mol. The summed E-state index contributed by atoms with van der Waals surface area (Å²) in [4.78, 5) is 8.40. The fourth-order valence-electron chi connectivity index (χ4n) is 2.55. The molecule has 0 aliphatic rings. The Hall–Kier alpha value is -2.80.